The van der Waals surface area contributed by atoms with Crippen LogP contribution in [0, 0.1) is 5.92 Å². The molecule has 1 aliphatic heterocycles. The predicted molar refractivity (Wildman–Crippen MR) is 69.7 cm³/mol. The summed E-state index contributed by atoms with van der Waals surface area (Å²) in [5.74, 6) is 0.929. The molecule has 1 saturated carbocycles. The van der Waals surface area contributed by atoms with Crippen molar-refractivity contribution in [1.29, 1.82) is 0 Å². The first-order valence-electron chi connectivity index (χ1n) is 7.22. The summed E-state index contributed by atoms with van der Waals surface area (Å²) in [6.07, 6.45) is 9.93. The number of likely N-dealkylation sites (N-methyl/N-ethyl adjacent to an activating group) is 1. The topological polar surface area (TPSA) is 15.3 Å². The number of hydrogen-bond acceptors (Lipinski definition) is 2. The Balaban J connectivity index is 1.97. The lowest BCUT2D eigenvalue weighted by Gasteiger charge is -2.41. The van der Waals surface area contributed by atoms with Crippen LogP contribution < -0.4 is 5.32 Å². The molecule has 94 valence electrons. The van der Waals surface area contributed by atoms with Gasteiger partial charge >= 0.3 is 0 Å². The Hall–Kier alpha value is -0.0800. The maximum absolute atomic E-state index is 3.55. The molecule has 2 rings (SSSR count). The van der Waals surface area contributed by atoms with Crippen LogP contribution in [0.25, 0.3) is 0 Å². The molecule has 0 spiro atoms. The summed E-state index contributed by atoms with van der Waals surface area (Å²) in [4.78, 5) is 2.78. The fourth-order valence-electron chi connectivity index (χ4n) is 3.52. The normalized spacial score (nSPS) is 38.2. The molecular formula is C14H28N2. The maximum Gasteiger partial charge on any atom is 0.0251 e. The lowest BCUT2D eigenvalue weighted by molar-refractivity contribution is 0.107. The van der Waals surface area contributed by atoms with E-state index >= 15 is 0 Å². The van der Waals surface area contributed by atoms with Crippen LogP contribution in [-0.4, -0.2) is 37.1 Å². The van der Waals surface area contributed by atoms with Gasteiger partial charge in [0, 0.05) is 12.1 Å². The molecule has 0 aromatic heterocycles. The minimum absolute atomic E-state index is 0.745. The van der Waals surface area contributed by atoms with Crippen LogP contribution in [0.4, 0.5) is 0 Å². The number of likely N-dealkylation sites (tertiary alicyclic amines) is 1. The van der Waals surface area contributed by atoms with E-state index in [9.17, 15) is 0 Å². The Morgan fingerprint density at radius 2 is 1.69 bits per heavy atom. The smallest absolute Gasteiger partial charge is 0.0251 e. The third-order valence-electron chi connectivity index (χ3n) is 4.56. The second-order valence-electron chi connectivity index (χ2n) is 5.83. The highest BCUT2D eigenvalue weighted by atomic mass is 15.2. The van der Waals surface area contributed by atoms with E-state index in [1.807, 2.05) is 0 Å². The zero-order valence-electron chi connectivity index (χ0n) is 11.0. The van der Waals surface area contributed by atoms with Crippen LogP contribution in [0.2, 0.25) is 0 Å². The standard InChI is InChI=1S/C14H28N2/c1-12-7-8-13(15-2)14(11-12)16-9-5-3-4-6-10-16/h12-15H,3-11H2,1-2H3. The Labute approximate surface area is 101 Å². The van der Waals surface area contributed by atoms with Crippen LogP contribution in [0.3, 0.4) is 0 Å². The fourth-order valence-corrected chi connectivity index (χ4v) is 3.52. The number of nitrogens with zero attached hydrogens (tertiary/aromatic N) is 1. The lowest BCUT2D eigenvalue weighted by Crippen LogP contribution is -2.52. The van der Waals surface area contributed by atoms with Crippen molar-refractivity contribution in [2.75, 3.05) is 20.1 Å². The molecule has 1 aliphatic carbocycles. The second-order valence-corrected chi connectivity index (χ2v) is 5.83. The zero-order valence-corrected chi connectivity index (χ0v) is 11.0. The van der Waals surface area contributed by atoms with Gasteiger partial charge in [-0.05, 0) is 58.2 Å². The molecule has 1 N–H and O–H groups in total. The highest BCUT2D eigenvalue weighted by Crippen LogP contribution is 2.29. The second kappa shape index (κ2) is 6.02. The monoisotopic (exact) mass is 224 g/mol. The van der Waals surface area contributed by atoms with Crippen molar-refractivity contribution in [2.24, 2.45) is 5.92 Å². The van der Waals surface area contributed by atoms with Gasteiger partial charge in [-0.3, -0.25) is 4.90 Å². The van der Waals surface area contributed by atoms with Crippen LogP contribution >= 0.6 is 0 Å². The quantitative estimate of drug-likeness (QED) is 0.776. The van der Waals surface area contributed by atoms with Crippen molar-refractivity contribution in [3.05, 3.63) is 0 Å². The van der Waals surface area contributed by atoms with E-state index in [0.717, 1.165) is 18.0 Å². The summed E-state index contributed by atoms with van der Waals surface area (Å²) in [6, 6.07) is 1.56. The van der Waals surface area contributed by atoms with Crippen molar-refractivity contribution >= 4 is 0 Å². The summed E-state index contributed by atoms with van der Waals surface area (Å²) in [5.41, 5.74) is 0. The molecule has 0 aromatic rings. The largest absolute Gasteiger partial charge is 0.315 e. The molecule has 0 aromatic carbocycles. The molecule has 2 heteroatoms. The Morgan fingerprint density at radius 1 is 1.00 bits per heavy atom. The van der Waals surface area contributed by atoms with E-state index in [-0.39, 0.29) is 0 Å². The average Bonchev–Trinajstić information content (AvgIpc) is 2.57. The van der Waals surface area contributed by atoms with Gasteiger partial charge in [0.2, 0.25) is 0 Å². The molecule has 3 unspecified atom stereocenters. The first-order valence-corrected chi connectivity index (χ1v) is 7.22. The van der Waals surface area contributed by atoms with E-state index < -0.39 is 0 Å². The summed E-state index contributed by atoms with van der Waals surface area (Å²) in [6.45, 7) is 5.11. The molecule has 3 atom stereocenters. The third-order valence-corrected chi connectivity index (χ3v) is 4.56. The average molecular weight is 224 g/mol. The van der Waals surface area contributed by atoms with Gasteiger partial charge in [-0.1, -0.05) is 19.8 Å². The molecule has 2 nitrogen and oxygen atoms in total. The molecule has 2 fully saturated rings. The summed E-state index contributed by atoms with van der Waals surface area (Å²) < 4.78 is 0. The molecular weight excluding hydrogens is 196 g/mol. The maximum atomic E-state index is 3.55. The molecule has 0 amide bonds. The van der Waals surface area contributed by atoms with Gasteiger partial charge in [0.05, 0.1) is 0 Å². The molecule has 1 saturated heterocycles. The minimum Gasteiger partial charge on any atom is -0.315 e. The van der Waals surface area contributed by atoms with E-state index in [4.69, 9.17) is 0 Å². The van der Waals surface area contributed by atoms with Gasteiger partial charge in [0.1, 0.15) is 0 Å². The van der Waals surface area contributed by atoms with Gasteiger partial charge < -0.3 is 5.32 Å². The van der Waals surface area contributed by atoms with Gasteiger partial charge in [-0.25, -0.2) is 0 Å². The molecule has 0 bridgehead atoms. The highest BCUT2D eigenvalue weighted by Gasteiger charge is 2.31. The van der Waals surface area contributed by atoms with Crippen LogP contribution in [0.5, 0.6) is 0 Å². The van der Waals surface area contributed by atoms with E-state index in [2.05, 4.69) is 24.2 Å². The first-order chi connectivity index (χ1) is 7.81. The fraction of sp³-hybridized carbons (Fsp3) is 1.00. The third kappa shape index (κ3) is 2.98. The molecule has 0 radical (unpaired) electrons. The zero-order chi connectivity index (χ0) is 11.4. The summed E-state index contributed by atoms with van der Waals surface area (Å²) in [7, 11) is 2.14. The van der Waals surface area contributed by atoms with Crippen molar-refractivity contribution in [3.8, 4) is 0 Å². The van der Waals surface area contributed by atoms with Crippen LogP contribution in [0.15, 0.2) is 0 Å². The number of hydrogen-bond donors (Lipinski definition) is 1. The van der Waals surface area contributed by atoms with Gasteiger partial charge in [0.15, 0.2) is 0 Å². The highest BCUT2D eigenvalue weighted by molar-refractivity contribution is 4.90. The Kier molecular flexibility index (Phi) is 4.66. The SMILES string of the molecule is CNC1CCC(C)CC1N1CCCCCC1. The van der Waals surface area contributed by atoms with Crippen LogP contribution in [0.1, 0.15) is 51.9 Å². The van der Waals surface area contributed by atoms with Crippen molar-refractivity contribution in [3.63, 3.8) is 0 Å². The minimum atomic E-state index is 0.745. The Bertz CT molecular complexity index is 197. The predicted octanol–water partition coefficient (Wildman–Crippen LogP) is 2.64. The van der Waals surface area contributed by atoms with Crippen molar-refractivity contribution < 1.29 is 0 Å². The molecule has 2 aliphatic rings. The van der Waals surface area contributed by atoms with E-state index in [0.29, 0.717) is 0 Å². The van der Waals surface area contributed by atoms with Crippen molar-refractivity contribution in [2.45, 2.75) is 64.0 Å². The van der Waals surface area contributed by atoms with Gasteiger partial charge in [0.25, 0.3) is 0 Å². The molecule has 1 heterocycles. The Morgan fingerprint density at radius 3 is 2.31 bits per heavy atom. The first kappa shape index (κ1) is 12.4. The van der Waals surface area contributed by atoms with Crippen LogP contribution in [-0.2, 0) is 0 Å². The lowest BCUT2D eigenvalue weighted by atomic mass is 9.82. The van der Waals surface area contributed by atoms with Gasteiger partial charge in [-0.15, -0.1) is 0 Å². The summed E-state index contributed by atoms with van der Waals surface area (Å²) >= 11 is 0. The number of nitrogens with one attached hydrogen (secondary N) is 1. The summed E-state index contributed by atoms with van der Waals surface area (Å²) in [5, 5.41) is 3.55. The number of rotatable bonds is 2. The molecule has 16 heavy (non-hydrogen) atoms. The van der Waals surface area contributed by atoms with E-state index in [1.54, 1.807) is 0 Å². The van der Waals surface area contributed by atoms with Crippen molar-refractivity contribution in [1.82, 2.24) is 10.2 Å². The van der Waals surface area contributed by atoms with E-state index in [1.165, 1.54) is 58.0 Å². The van der Waals surface area contributed by atoms with Gasteiger partial charge in [-0.2, -0.15) is 0 Å².